The summed E-state index contributed by atoms with van der Waals surface area (Å²) in [6, 6.07) is 12.0. The van der Waals surface area contributed by atoms with Crippen LogP contribution in [-0.4, -0.2) is 27.5 Å². The quantitative estimate of drug-likeness (QED) is 0.228. The first-order valence-electron chi connectivity index (χ1n) is 10.5. The first-order chi connectivity index (χ1) is 15.6. The minimum atomic E-state index is -0.166. The van der Waals surface area contributed by atoms with Crippen molar-refractivity contribution < 1.29 is 13.9 Å². The van der Waals surface area contributed by atoms with Crippen molar-refractivity contribution in [1.82, 2.24) is 15.0 Å². The molecule has 4 aromatic rings. The molecule has 0 saturated heterocycles. The number of ether oxygens (including phenoxy) is 1. The van der Waals surface area contributed by atoms with Gasteiger partial charge >= 0.3 is 5.97 Å². The van der Waals surface area contributed by atoms with Gasteiger partial charge in [-0.15, -0.1) is 11.8 Å². The van der Waals surface area contributed by atoms with E-state index in [0.717, 1.165) is 44.7 Å². The van der Waals surface area contributed by atoms with Crippen molar-refractivity contribution in [2.45, 2.75) is 48.2 Å². The van der Waals surface area contributed by atoms with Crippen molar-refractivity contribution in [3.63, 3.8) is 0 Å². The Bertz CT molecular complexity index is 1190. The van der Waals surface area contributed by atoms with Crippen molar-refractivity contribution in [2.24, 2.45) is 0 Å². The van der Waals surface area contributed by atoms with E-state index < -0.39 is 0 Å². The number of benzene rings is 1. The summed E-state index contributed by atoms with van der Waals surface area (Å²) >= 11 is 3.39. The third-order valence-electron chi connectivity index (χ3n) is 5.00. The average Bonchev–Trinajstić information content (AvgIpc) is 3.45. The number of esters is 1. The first kappa shape index (κ1) is 22.5. The lowest BCUT2D eigenvalue weighted by molar-refractivity contribution is -0.143. The van der Waals surface area contributed by atoms with E-state index >= 15 is 0 Å². The van der Waals surface area contributed by atoms with Crippen LogP contribution in [-0.2, 0) is 27.5 Å². The molecule has 0 spiro atoms. The molecule has 3 aromatic heterocycles. The number of aryl methyl sites for hydroxylation is 1. The summed E-state index contributed by atoms with van der Waals surface area (Å²) in [5.74, 6) is 2.33. The van der Waals surface area contributed by atoms with Crippen LogP contribution in [0.4, 0.5) is 0 Å². The van der Waals surface area contributed by atoms with Crippen LogP contribution in [0.15, 0.2) is 63.3 Å². The predicted octanol–water partition coefficient (Wildman–Crippen LogP) is 5.94. The lowest BCUT2D eigenvalue weighted by atomic mass is 10.1. The Balaban J connectivity index is 1.38. The average molecular weight is 468 g/mol. The van der Waals surface area contributed by atoms with Crippen molar-refractivity contribution >= 4 is 40.5 Å². The Kier molecular flexibility index (Phi) is 7.55. The predicted molar refractivity (Wildman–Crippen MR) is 128 cm³/mol. The second-order valence-electron chi connectivity index (χ2n) is 7.24. The second kappa shape index (κ2) is 10.7. The summed E-state index contributed by atoms with van der Waals surface area (Å²) < 4.78 is 10.4. The fourth-order valence-electron chi connectivity index (χ4n) is 3.28. The SMILES string of the molecule is CCOC(=O)CCc1ccc2nc(SCc3nccc(SCc4ccco4)c3C)[nH]c2c1. The number of pyridine rings is 1. The molecule has 0 aliphatic carbocycles. The molecular weight excluding hydrogens is 442 g/mol. The minimum Gasteiger partial charge on any atom is -0.468 e. The number of hydrogen-bond donors (Lipinski definition) is 1. The lowest BCUT2D eigenvalue weighted by Gasteiger charge is -2.09. The summed E-state index contributed by atoms with van der Waals surface area (Å²) in [5, 5.41) is 0.859. The Morgan fingerprint density at radius 1 is 1.19 bits per heavy atom. The van der Waals surface area contributed by atoms with Crippen LogP contribution in [0.1, 0.15) is 35.9 Å². The van der Waals surface area contributed by atoms with E-state index in [1.54, 1.807) is 29.8 Å². The number of thioether (sulfide) groups is 2. The van der Waals surface area contributed by atoms with E-state index in [-0.39, 0.29) is 5.97 Å². The Morgan fingerprint density at radius 2 is 2.09 bits per heavy atom. The highest BCUT2D eigenvalue weighted by molar-refractivity contribution is 7.98. The van der Waals surface area contributed by atoms with Crippen LogP contribution in [0.25, 0.3) is 11.0 Å². The van der Waals surface area contributed by atoms with Crippen molar-refractivity contribution in [1.29, 1.82) is 0 Å². The van der Waals surface area contributed by atoms with Gasteiger partial charge in [0.1, 0.15) is 5.76 Å². The second-order valence-corrected chi connectivity index (χ2v) is 9.22. The van der Waals surface area contributed by atoms with Gasteiger partial charge in [0.2, 0.25) is 0 Å². The number of nitrogens with zero attached hydrogens (tertiary/aromatic N) is 2. The Labute approximate surface area is 195 Å². The molecule has 0 bridgehead atoms. The van der Waals surface area contributed by atoms with Crippen LogP contribution in [0.3, 0.4) is 0 Å². The largest absolute Gasteiger partial charge is 0.468 e. The first-order valence-corrected chi connectivity index (χ1v) is 12.5. The number of carbonyl (C=O) groups is 1. The number of furan rings is 1. The molecule has 0 radical (unpaired) electrons. The number of aromatic amines is 1. The van der Waals surface area contributed by atoms with E-state index in [9.17, 15) is 4.79 Å². The van der Waals surface area contributed by atoms with E-state index in [4.69, 9.17) is 9.15 Å². The minimum absolute atomic E-state index is 0.166. The van der Waals surface area contributed by atoms with E-state index in [2.05, 4.69) is 34.0 Å². The van der Waals surface area contributed by atoms with E-state index in [1.807, 2.05) is 37.4 Å². The van der Waals surface area contributed by atoms with Gasteiger partial charge in [0.05, 0.1) is 35.4 Å². The number of H-pyrrole nitrogens is 1. The molecule has 8 heteroatoms. The number of imidazole rings is 1. The van der Waals surface area contributed by atoms with Gasteiger partial charge in [0.15, 0.2) is 5.16 Å². The molecule has 0 atom stereocenters. The summed E-state index contributed by atoms with van der Waals surface area (Å²) in [6.07, 6.45) is 4.60. The molecule has 6 nitrogen and oxygen atoms in total. The Hall–Kier alpha value is -2.71. The monoisotopic (exact) mass is 467 g/mol. The third kappa shape index (κ3) is 5.75. The van der Waals surface area contributed by atoms with Crippen LogP contribution in [0.2, 0.25) is 0 Å². The topological polar surface area (TPSA) is 81.0 Å². The molecule has 0 saturated carbocycles. The van der Waals surface area contributed by atoms with Gasteiger partial charge in [-0.25, -0.2) is 4.98 Å². The molecule has 1 N–H and O–H groups in total. The van der Waals surface area contributed by atoms with Gasteiger partial charge in [0, 0.05) is 23.3 Å². The highest BCUT2D eigenvalue weighted by atomic mass is 32.2. The maximum absolute atomic E-state index is 11.6. The zero-order chi connectivity index (χ0) is 22.3. The van der Waals surface area contributed by atoms with E-state index in [1.165, 1.54) is 10.5 Å². The zero-order valence-electron chi connectivity index (χ0n) is 18.1. The van der Waals surface area contributed by atoms with Crippen molar-refractivity contribution in [3.8, 4) is 0 Å². The highest BCUT2D eigenvalue weighted by Crippen LogP contribution is 2.30. The fraction of sp³-hybridized carbons (Fsp3) is 0.292. The standard InChI is InChI=1S/C24H25N3O3S2/c1-3-29-23(28)9-7-17-6-8-19-20(13-17)27-24(26-19)32-15-21-16(2)22(10-11-25-21)31-14-18-5-4-12-30-18/h4-6,8,10-13H,3,7,9,14-15H2,1-2H3,(H,26,27). The van der Waals surface area contributed by atoms with Gasteiger partial charge in [-0.2, -0.15) is 0 Å². The summed E-state index contributed by atoms with van der Waals surface area (Å²) in [7, 11) is 0. The molecule has 0 fully saturated rings. The van der Waals surface area contributed by atoms with Crippen LogP contribution < -0.4 is 0 Å². The molecule has 0 aliphatic rings. The van der Waals surface area contributed by atoms with Gasteiger partial charge in [-0.3, -0.25) is 9.78 Å². The smallest absolute Gasteiger partial charge is 0.306 e. The van der Waals surface area contributed by atoms with Crippen molar-refractivity contribution in [2.75, 3.05) is 6.61 Å². The van der Waals surface area contributed by atoms with Crippen LogP contribution in [0.5, 0.6) is 0 Å². The number of rotatable bonds is 10. The van der Waals surface area contributed by atoms with Gasteiger partial charge in [0.25, 0.3) is 0 Å². The van der Waals surface area contributed by atoms with Crippen LogP contribution in [0, 0.1) is 6.92 Å². The number of fused-ring (bicyclic) bond motifs is 1. The molecule has 0 unspecified atom stereocenters. The molecule has 3 heterocycles. The maximum Gasteiger partial charge on any atom is 0.306 e. The Morgan fingerprint density at radius 3 is 2.91 bits per heavy atom. The van der Waals surface area contributed by atoms with E-state index in [0.29, 0.717) is 19.4 Å². The number of aromatic nitrogens is 3. The fourth-order valence-corrected chi connectivity index (χ4v) is 5.14. The number of nitrogens with one attached hydrogen (secondary N) is 1. The molecule has 1 aromatic carbocycles. The molecule has 4 rings (SSSR count). The summed E-state index contributed by atoms with van der Waals surface area (Å²) in [5.41, 5.74) is 5.22. The lowest BCUT2D eigenvalue weighted by Crippen LogP contribution is -2.05. The maximum atomic E-state index is 11.6. The normalized spacial score (nSPS) is 11.2. The number of carbonyl (C=O) groups excluding carboxylic acids is 1. The summed E-state index contributed by atoms with van der Waals surface area (Å²) in [4.78, 5) is 25.5. The van der Waals surface area contributed by atoms with Gasteiger partial charge in [-0.1, -0.05) is 17.8 Å². The van der Waals surface area contributed by atoms with Gasteiger partial charge in [-0.05, 0) is 61.7 Å². The molecule has 0 aliphatic heterocycles. The number of hydrogen-bond acceptors (Lipinski definition) is 7. The molecule has 166 valence electrons. The van der Waals surface area contributed by atoms with Crippen molar-refractivity contribution in [3.05, 3.63) is 71.4 Å². The van der Waals surface area contributed by atoms with Gasteiger partial charge < -0.3 is 14.1 Å². The summed E-state index contributed by atoms with van der Waals surface area (Å²) in [6.45, 7) is 4.35. The zero-order valence-corrected chi connectivity index (χ0v) is 19.7. The third-order valence-corrected chi connectivity index (χ3v) is 7.07. The highest BCUT2D eigenvalue weighted by Gasteiger charge is 2.11. The molecule has 0 amide bonds. The molecule has 32 heavy (non-hydrogen) atoms. The van der Waals surface area contributed by atoms with Crippen LogP contribution >= 0.6 is 23.5 Å². The molecular formula is C24H25N3O3S2.